The highest BCUT2D eigenvalue weighted by atomic mass is 19.2. The molecule has 1 aliphatic rings. The predicted molar refractivity (Wildman–Crippen MR) is 132 cm³/mol. The Morgan fingerprint density at radius 3 is 2.27 bits per heavy atom. The Labute approximate surface area is 231 Å². The number of carbonyl (C=O) groups excluding carboxylic acids is 2. The number of hydrogen-bond donors (Lipinski definition) is 3. The van der Waals surface area contributed by atoms with Gasteiger partial charge in [-0.15, -0.1) is 5.10 Å². The lowest BCUT2D eigenvalue weighted by atomic mass is 9.74. The van der Waals surface area contributed by atoms with E-state index >= 15 is 0 Å². The molecule has 0 saturated heterocycles. The second-order valence-corrected chi connectivity index (χ2v) is 10.1. The van der Waals surface area contributed by atoms with E-state index in [0.29, 0.717) is 0 Å². The first-order valence-corrected chi connectivity index (χ1v) is 13.0. The highest BCUT2D eigenvalue weighted by Gasteiger charge is 2.41. The molecule has 0 bridgehead atoms. The molecule has 2 unspecified atom stereocenters. The molecule has 0 aliphatic heterocycles. The number of benzene rings is 1. The van der Waals surface area contributed by atoms with E-state index in [1.807, 2.05) is 0 Å². The maximum atomic E-state index is 14.0. The summed E-state index contributed by atoms with van der Waals surface area (Å²) in [5, 5.41) is 29.1. The third-order valence-corrected chi connectivity index (χ3v) is 7.15. The Morgan fingerprint density at radius 2 is 1.68 bits per heavy atom. The van der Waals surface area contributed by atoms with Crippen LogP contribution in [0.4, 0.5) is 17.6 Å². The number of aliphatic carboxylic acids is 2. The van der Waals surface area contributed by atoms with Crippen LogP contribution in [-0.4, -0.2) is 55.4 Å². The maximum absolute atomic E-state index is 14.0. The third-order valence-electron chi connectivity index (χ3n) is 7.15. The molecule has 1 aromatic heterocycles. The summed E-state index contributed by atoms with van der Waals surface area (Å²) in [4.78, 5) is 48.0. The molecule has 0 radical (unpaired) electrons. The number of nitrogens with one attached hydrogen (secondary N) is 1. The number of rotatable bonds is 14. The fraction of sp³-hybridized carbons (Fsp3) is 0.538. The normalized spacial score (nSPS) is 16.0. The first kappa shape index (κ1) is 31.5. The number of carboxylic acids is 2. The first-order valence-electron chi connectivity index (χ1n) is 13.0. The SMILES string of the molecule is CC(NC(=O)CCCC(=O)O)(c1cn(C(CC(=O)O)C(=O)COc2c(F)c(F)cc(F)c2F)nn1)C1CCCCC1. The van der Waals surface area contributed by atoms with E-state index in [9.17, 15) is 41.8 Å². The van der Waals surface area contributed by atoms with E-state index in [4.69, 9.17) is 9.84 Å². The molecule has 0 spiro atoms. The van der Waals surface area contributed by atoms with Crippen LogP contribution in [0.3, 0.4) is 0 Å². The van der Waals surface area contributed by atoms with Gasteiger partial charge in [-0.3, -0.25) is 19.2 Å². The van der Waals surface area contributed by atoms with Crippen LogP contribution in [-0.2, 0) is 24.7 Å². The Kier molecular flexibility index (Phi) is 10.4. The van der Waals surface area contributed by atoms with Gasteiger partial charge >= 0.3 is 11.9 Å². The molecule has 2 aromatic rings. The van der Waals surface area contributed by atoms with Crippen molar-refractivity contribution in [3.63, 3.8) is 0 Å². The average molecular weight is 587 g/mol. The van der Waals surface area contributed by atoms with Gasteiger partial charge < -0.3 is 20.3 Å². The van der Waals surface area contributed by atoms with Crippen LogP contribution < -0.4 is 10.1 Å². The van der Waals surface area contributed by atoms with Crippen LogP contribution in [0.2, 0.25) is 0 Å². The molecular weight excluding hydrogens is 556 g/mol. The summed E-state index contributed by atoms with van der Waals surface area (Å²) in [6, 6.07) is -1.61. The van der Waals surface area contributed by atoms with Gasteiger partial charge in [0.2, 0.25) is 17.5 Å². The van der Waals surface area contributed by atoms with Gasteiger partial charge in [-0.05, 0) is 32.1 Å². The number of ether oxygens (including phenoxy) is 1. The van der Waals surface area contributed by atoms with E-state index in [2.05, 4.69) is 15.6 Å². The van der Waals surface area contributed by atoms with Crippen LogP contribution in [0.5, 0.6) is 5.75 Å². The Morgan fingerprint density at radius 1 is 1.05 bits per heavy atom. The lowest BCUT2D eigenvalue weighted by Gasteiger charge is -2.39. The van der Waals surface area contributed by atoms with Gasteiger partial charge in [0.1, 0.15) is 18.3 Å². The average Bonchev–Trinajstić information content (AvgIpc) is 3.41. The van der Waals surface area contributed by atoms with Gasteiger partial charge in [0.05, 0.1) is 18.2 Å². The molecular formula is C26H30F4N4O7. The number of ketones is 1. The molecule has 1 saturated carbocycles. The van der Waals surface area contributed by atoms with Crippen LogP contribution in [0, 0.1) is 29.2 Å². The Bertz CT molecular complexity index is 1270. The lowest BCUT2D eigenvalue weighted by molar-refractivity contribution is -0.141. The second-order valence-electron chi connectivity index (χ2n) is 10.1. The van der Waals surface area contributed by atoms with Crippen molar-refractivity contribution in [1.82, 2.24) is 20.3 Å². The number of carboxylic acid groups (broad SMARTS) is 2. The van der Waals surface area contributed by atoms with Crippen molar-refractivity contribution < 1.29 is 51.7 Å². The Hall–Kier alpha value is -4.04. The molecule has 11 nitrogen and oxygen atoms in total. The molecule has 15 heteroatoms. The van der Waals surface area contributed by atoms with Crippen molar-refractivity contribution >= 4 is 23.6 Å². The number of amides is 1. The summed E-state index contributed by atoms with van der Waals surface area (Å²) in [6.45, 7) is 0.567. The fourth-order valence-corrected chi connectivity index (χ4v) is 4.91. The fourth-order valence-electron chi connectivity index (χ4n) is 4.91. The third kappa shape index (κ3) is 7.79. The summed E-state index contributed by atoms with van der Waals surface area (Å²) in [5.41, 5.74) is -0.887. The van der Waals surface area contributed by atoms with Crippen LogP contribution >= 0.6 is 0 Å². The van der Waals surface area contributed by atoms with Crippen molar-refractivity contribution in [1.29, 1.82) is 0 Å². The zero-order valence-electron chi connectivity index (χ0n) is 22.2. The zero-order chi connectivity index (χ0) is 30.3. The van der Waals surface area contributed by atoms with Crippen molar-refractivity contribution in [2.45, 2.75) is 76.3 Å². The number of hydrogen-bond acceptors (Lipinski definition) is 7. The van der Waals surface area contributed by atoms with Gasteiger partial charge in [0.25, 0.3) is 0 Å². The Balaban J connectivity index is 1.86. The largest absolute Gasteiger partial charge is 0.481 e. The molecule has 1 heterocycles. The van der Waals surface area contributed by atoms with Gasteiger partial charge in [-0.1, -0.05) is 24.5 Å². The second kappa shape index (κ2) is 13.5. The molecule has 3 rings (SSSR count). The minimum Gasteiger partial charge on any atom is -0.481 e. The number of Topliss-reactive ketones (excluding diaryl/α,β-unsaturated/α-hetero) is 1. The quantitative estimate of drug-likeness (QED) is 0.222. The van der Waals surface area contributed by atoms with Crippen molar-refractivity contribution in [3.8, 4) is 5.75 Å². The van der Waals surface area contributed by atoms with Crippen LogP contribution in [0.1, 0.15) is 76.4 Å². The number of carbonyl (C=O) groups is 4. The van der Waals surface area contributed by atoms with Gasteiger partial charge in [0, 0.05) is 18.9 Å². The van der Waals surface area contributed by atoms with Crippen LogP contribution in [0.25, 0.3) is 0 Å². The first-order chi connectivity index (χ1) is 19.3. The van der Waals surface area contributed by atoms with E-state index in [-0.39, 0.29) is 36.9 Å². The summed E-state index contributed by atoms with van der Waals surface area (Å²) in [6.07, 6.45) is 4.52. The van der Waals surface area contributed by atoms with E-state index < -0.39 is 77.3 Å². The summed E-state index contributed by atoms with van der Waals surface area (Å²) in [7, 11) is 0. The molecule has 2 atom stereocenters. The molecule has 1 fully saturated rings. The van der Waals surface area contributed by atoms with Gasteiger partial charge in [-0.2, -0.15) is 8.78 Å². The van der Waals surface area contributed by atoms with Crippen molar-refractivity contribution in [2.24, 2.45) is 5.92 Å². The number of nitrogens with zero attached hydrogens (tertiary/aromatic N) is 3. The van der Waals surface area contributed by atoms with Crippen molar-refractivity contribution in [2.75, 3.05) is 6.61 Å². The van der Waals surface area contributed by atoms with E-state index in [1.54, 1.807) is 6.92 Å². The van der Waals surface area contributed by atoms with Crippen molar-refractivity contribution in [3.05, 3.63) is 41.2 Å². The monoisotopic (exact) mass is 586 g/mol. The van der Waals surface area contributed by atoms with E-state index in [0.717, 1.165) is 36.8 Å². The summed E-state index contributed by atoms with van der Waals surface area (Å²) < 4.78 is 60.6. The topological polar surface area (TPSA) is 161 Å². The minimum absolute atomic E-state index is 0.0300. The van der Waals surface area contributed by atoms with Crippen LogP contribution in [0.15, 0.2) is 12.3 Å². The smallest absolute Gasteiger partial charge is 0.305 e. The standard InChI is InChI=1S/C26H30F4N4O7/c1-26(14-6-3-2-4-7-14,31-20(36)8-5-9-21(37)38)19-12-34(33-32-19)17(11-22(39)40)18(35)13-41-25-23(29)15(27)10-16(28)24(25)30/h10,12,14,17H,2-9,11,13H2,1H3,(H,31,36)(H,37,38)(H,39,40). The van der Waals surface area contributed by atoms with Gasteiger partial charge in [0.15, 0.2) is 23.2 Å². The highest BCUT2D eigenvalue weighted by molar-refractivity contribution is 5.87. The molecule has 1 aliphatic carbocycles. The van der Waals surface area contributed by atoms with E-state index in [1.165, 1.54) is 6.20 Å². The maximum Gasteiger partial charge on any atom is 0.305 e. The lowest BCUT2D eigenvalue weighted by Crippen LogP contribution is -2.50. The molecule has 1 amide bonds. The number of aromatic nitrogens is 3. The minimum atomic E-state index is -1.86. The molecule has 3 N–H and O–H groups in total. The molecule has 224 valence electrons. The van der Waals surface area contributed by atoms with Gasteiger partial charge in [-0.25, -0.2) is 13.5 Å². The zero-order valence-corrected chi connectivity index (χ0v) is 22.2. The number of halogens is 4. The highest BCUT2D eigenvalue weighted by Crippen LogP contribution is 2.39. The molecule has 1 aromatic carbocycles. The predicted octanol–water partition coefficient (Wildman–Crippen LogP) is 3.67. The summed E-state index contributed by atoms with van der Waals surface area (Å²) >= 11 is 0. The molecule has 41 heavy (non-hydrogen) atoms. The summed E-state index contributed by atoms with van der Waals surface area (Å²) in [5.74, 6) is -12.7.